The van der Waals surface area contributed by atoms with Gasteiger partial charge in [0, 0.05) is 0 Å². The van der Waals surface area contributed by atoms with Gasteiger partial charge in [-0.1, -0.05) is 26.0 Å². The van der Waals surface area contributed by atoms with Crippen LogP contribution in [0.25, 0.3) is 0 Å². The molecule has 0 spiro atoms. The van der Waals surface area contributed by atoms with Gasteiger partial charge in [-0.05, 0) is 24.5 Å². The first-order valence-corrected chi connectivity index (χ1v) is 5.10. The summed E-state index contributed by atoms with van der Waals surface area (Å²) in [4.78, 5) is 11.9. The lowest BCUT2D eigenvalue weighted by atomic mass is 9.99. The first-order valence-electron chi connectivity index (χ1n) is 5.10. The molecule has 1 atom stereocenters. The van der Waals surface area contributed by atoms with Crippen LogP contribution < -0.4 is 4.74 Å². The summed E-state index contributed by atoms with van der Waals surface area (Å²) in [7, 11) is 0. The molecule has 0 radical (unpaired) electrons. The summed E-state index contributed by atoms with van der Waals surface area (Å²) in [5, 5.41) is 0. The van der Waals surface area contributed by atoms with E-state index in [0.717, 1.165) is 29.7 Å². The molecule has 1 heterocycles. The van der Waals surface area contributed by atoms with Gasteiger partial charge in [-0.3, -0.25) is 4.79 Å². The number of ether oxygens (including phenoxy) is 1. The third-order valence-electron chi connectivity index (χ3n) is 2.67. The molecule has 0 fully saturated rings. The Balaban J connectivity index is 2.48. The van der Waals surface area contributed by atoms with E-state index in [1.807, 2.05) is 25.1 Å². The quantitative estimate of drug-likeness (QED) is 0.716. The summed E-state index contributed by atoms with van der Waals surface area (Å²) in [6.07, 6.45) is 1.38. The van der Waals surface area contributed by atoms with Crippen LogP contribution in [0.4, 0.5) is 0 Å². The Morgan fingerprint density at radius 1 is 1.36 bits per heavy atom. The maximum absolute atomic E-state index is 11.9. The molecular weight excluding hydrogens is 176 g/mol. The highest BCUT2D eigenvalue weighted by Crippen LogP contribution is 2.32. The van der Waals surface area contributed by atoms with Gasteiger partial charge in [-0.25, -0.2) is 0 Å². The van der Waals surface area contributed by atoms with E-state index in [2.05, 4.69) is 6.92 Å². The molecule has 1 aromatic carbocycles. The summed E-state index contributed by atoms with van der Waals surface area (Å²) in [5.41, 5.74) is 1.91. The minimum absolute atomic E-state index is 0.153. The lowest BCUT2D eigenvalue weighted by molar-refractivity contribution is 0.0852. The fourth-order valence-electron chi connectivity index (χ4n) is 1.89. The van der Waals surface area contributed by atoms with Crippen molar-refractivity contribution in [1.29, 1.82) is 0 Å². The van der Waals surface area contributed by atoms with E-state index < -0.39 is 0 Å². The average molecular weight is 190 g/mol. The van der Waals surface area contributed by atoms with E-state index in [1.165, 1.54) is 0 Å². The van der Waals surface area contributed by atoms with Gasteiger partial charge < -0.3 is 4.74 Å². The van der Waals surface area contributed by atoms with Gasteiger partial charge in [-0.2, -0.15) is 0 Å². The zero-order valence-corrected chi connectivity index (χ0v) is 8.54. The number of fused-ring (bicyclic) bond motifs is 1. The molecule has 2 nitrogen and oxygen atoms in total. The summed E-state index contributed by atoms with van der Waals surface area (Å²) in [6.45, 7) is 4.03. The van der Waals surface area contributed by atoms with Crippen molar-refractivity contribution in [3.8, 4) is 5.75 Å². The highest BCUT2D eigenvalue weighted by Gasteiger charge is 2.32. The van der Waals surface area contributed by atoms with E-state index in [1.54, 1.807) is 0 Å². The number of carbonyl (C=O) groups is 1. The Morgan fingerprint density at radius 3 is 2.79 bits per heavy atom. The summed E-state index contributed by atoms with van der Waals surface area (Å²) >= 11 is 0. The SMILES string of the molecule is CCc1cccc2c1C(=O)C(CC)O2. The Kier molecular flexibility index (Phi) is 2.28. The summed E-state index contributed by atoms with van der Waals surface area (Å²) in [5.74, 6) is 0.918. The number of aryl methyl sites for hydroxylation is 1. The Labute approximate surface area is 83.9 Å². The molecule has 0 saturated heterocycles. The van der Waals surface area contributed by atoms with E-state index in [0.29, 0.717) is 0 Å². The van der Waals surface area contributed by atoms with Crippen molar-refractivity contribution < 1.29 is 9.53 Å². The predicted molar refractivity (Wildman–Crippen MR) is 54.9 cm³/mol. The van der Waals surface area contributed by atoms with Gasteiger partial charge in [0.15, 0.2) is 6.10 Å². The van der Waals surface area contributed by atoms with Crippen LogP contribution in [0.5, 0.6) is 5.75 Å². The largest absolute Gasteiger partial charge is 0.482 e. The van der Waals surface area contributed by atoms with Gasteiger partial charge in [0.2, 0.25) is 5.78 Å². The minimum Gasteiger partial charge on any atom is -0.482 e. The minimum atomic E-state index is -0.252. The molecule has 2 rings (SSSR count). The number of benzene rings is 1. The van der Waals surface area contributed by atoms with Crippen molar-refractivity contribution in [3.05, 3.63) is 29.3 Å². The second kappa shape index (κ2) is 3.45. The van der Waals surface area contributed by atoms with Crippen molar-refractivity contribution in [2.45, 2.75) is 32.8 Å². The Morgan fingerprint density at radius 2 is 2.14 bits per heavy atom. The van der Waals surface area contributed by atoms with Gasteiger partial charge in [-0.15, -0.1) is 0 Å². The van der Waals surface area contributed by atoms with E-state index >= 15 is 0 Å². The number of carbonyl (C=O) groups excluding carboxylic acids is 1. The van der Waals surface area contributed by atoms with Gasteiger partial charge >= 0.3 is 0 Å². The van der Waals surface area contributed by atoms with Crippen LogP contribution >= 0.6 is 0 Å². The van der Waals surface area contributed by atoms with Crippen LogP contribution in [0, 0.1) is 0 Å². The molecule has 0 N–H and O–H groups in total. The zero-order chi connectivity index (χ0) is 10.1. The van der Waals surface area contributed by atoms with Gasteiger partial charge in [0.1, 0.15) is 5.75 Å². The topological polar surface area (TPSA) is 26.3 Å². The highest BCUT2D eigenvalue weighted by molar-refractivity contribution is 6.05. The maximum atomic E-state index is 11.9. The molecule has 0 aliphatic carbocycles. The van der Waals surface area contributed by atoms with Crippen molar-refractivity contribution >= 4 is 5.78 Å². The first-order chi connectivity index (χ1) is 6.77. The number of rotatable bonds is 2. The van der Waals surface area contributed by atoms with Gasteiger partial charge in [0.05, 0.1) is 5.56 Å². The van der Waals surface area contributed by atoms with Crippen LogP contribution in [0.3, 0.4) is 0 Å². The molecule has 1 unspecified atom stereocenters. The molecule has 2 heteroatoms. The maximum Gasteiger partial charge on any atom is 0.207 e. The van der Waals surface area contributed by atoms with Crippen LogP contribution in [0.1, 0.15) is 36.2 Å². The third-order valence-corrected chi connectivity index (χ3v) is 2.67. The highest BCUT2D eigenvalue weighted by atomic mass is 16.5. The second-order valence-electron chi connectivity index (χ2n) is 3.52. The van der Waals surface area contributed by atoms with Crippen molar-refractivity contribution in [3.63, 3.8) is 0 Å². The van der Waals surface area contributed by atoms with Crippen LogP contribution in [-0.4, -0.2) is 11.9 Å². The van der Waals surface area contributed by atoms with Crippen LogP contribution in [0.15, 0.2) is 18.2 Å². The second-order valence-corrected chi connectivity index (χ2v) is 3.52. The van der Waals surface area contributed by atoms with Crippen LogP contribution in [-0.2, 0) is 6.42 Å². The van der Waals surface area contributed by atoms with E-state index in [9.17, 15) is 4.79 Å². The molecule has 0 amide bonds. The Hall–Kier alpha value is -1.31. The zero-order valence-electron chi connectivity index (χ0n) is 8.54. The van der Waals surface area contributed by atoms with Crippen molar-refractivity contribution in [1.82, 2.24) is 0 Å². The summed E-state index contributed by atoms with van der Waals surface area (Å²) < 4.78 is 5.56. The molecule has 1 aliphatic heterocycles. The molecule has 14 heavy (non-hydrogen) atoms. The van der Waals surface area contributed by atoms with E-state index in [-0.39, 0.29) is 11.9 Å². The molecule has 1 aliphatic rings. The molecule has 1 aromatic rings. The molecular formula is C12H14O2. The smallest absolute Gasteiger partial charge is 0.207 e. The number of ketones is 1. The fourth-order valence-corrected chi connectivity index (χ4v) is 1.89. The van der Waals surface area contributed by atoms with Gasteiger partial charge in [0.25, 0.3) is 0 Å². The molecule has 0 saturated carbocycles. The van der Waals surface area contributed by atoms with Crippen LogP contribution in [0.2, 0.25) is 0 Å². The standard InChI is InChI=1S/C12H14O2/c1-3-8-6-5-7-10-11(8)12(13)9(4-2)14-10/h5-7,9H,3-4H2,1-2H3. The normalized spacial score (nSPS) is 19.3. The molecule has 74 valence electrons. The third kappa shape index (κ3) is 1.22. The van der Waals surface area contributed by atoms with Crippen molar-refractivity contribution in [2.75, 3.05) is 0 Å². The number of Topliss-reactive ketones (excluding diaryl/α,β-unsaturated/α-hetero) is 1. The fraction of sp³-hybridized carbons (Fsp3) is 0.417. The number of hydrogen-bond acceptors (Lipinski definition) is 2. The lowest BCUT2D eigenvalue weighted by Gasteiger charge is -2.03. The van der Waals surface area contributed by atoms with Crippen molar-refractivity contribution in [2.24, 2.45) is 0 Å². The monoisotopic (exact) mass is 190 g/mol. The average Bonchev–Trinajstić information content (AvgIpc) is 2.55. The molecule has 0 aromatic heterocycles. The summed E-state index contributed by atoms with van der Waals surface area (Å²) in [6, 6.07) is 5.82. The molecule has 0 bridgehead atoms. The van der Waals surface area contributed by atoms with E-state index in [4.69, 9.17) is 4.74 Å². The Bertz CT molecular complexity index is 369. The first kappa shape index (κ1) is 9.25. The predicted octanol–water partition coefficient (Wildman–Crippen LogP) is 2.60. The lowest BCUT2D eigenvalue weighted by Crippen LogP contribution is -2.19. The number of hydrogen-bond donors (Lipinski definition) is 0.